The number of carbonyl (C=O) groups is 2. The summed E-state index contributed by atoms with van der Waals surface area (Å²) >= 11 is 0. The first-order valence-electron chi connectivity index (χ1n) is 7.58. The fraction of sp³-hybridized carbons (Fsp3) is 0.556. The molecule has 1 aromatic rings. The lowest BCUT2D eigenvalue weighted by atomic mass is 9.57. The van der Waals surface area contributed by atoms with Crippen LogP contribution in [0.5, 0.6) is 0 Å². The molecule has 0 saturated heterocycles. The first-order valence-corrected chi connectivity index (χ1v) is 7.58. The van der Waals surface area contributed by atoms with E-state index in [0.717, 1.165) is 19.3 Å². The third-order valence-electron chi connectivity index (χ3n) is 5.11. The van der Waals surface area contributed by atoms with E-state index in [-0.39, 0.29) is 28.8 Å². The van der Waals surface area contributed by atoms with Crippen LogP contribution in [0.4, 0.5) is 0 Å². The van der Waals surface area contributed by atoms with Crippen LogP contribution in [0.1, 0.15) is 60.7 Å². The van der Waals surface area contributed by atoms with Crippen molar-refractivity contribution in [3.63, 3.8) is 0 Å². The molecule has 20 heavy (non-hydrogen) atoms. The highest BCUT2D eigenvalue weighted by atomic mass is 16.1. The molecule has 2 nitrogen and oxygen atoms in total. The smallest absolute Gasteiger partial charge is 0.167 e. The minimum Gasteiger partial charge on any atom is -0.294 e. The summed E-state index contributed by atoms with van der Waals surface area (Å²) in [5.41, 5.74) is 1.37. The van der Waals surface area contributed by atoms with Gasteiger partial charge in [-0.25, -0.2) is 0 Å². The van der Waals surface area contributed by atoms with Crippen molar-refractivity contribution in [2.75, 3.05) is 0 Å². The SMILES string of the molecule is CC(C)(C)C1CCCC2C(=O)c3ccccc3C(=O)C21. The molecule has 1 aromatic carbocycles. The molecule has 3 unspecified atom stereocenters. The maximum Gasteiger partial charge on any atom is 0.167 e. The number of fused-ring (bicyclic) bond motifs is 2. The van der Waals surface area contributed by atoms with E-state index in [1.165, 1.54) is 0 Å². The Morgan fingerprint density at radius 3 is 2.15 bits per heavy atom. The lowest BCUT2D eigenvalue weighted by molar-refractivity contribution is 0.0376. The van der Waals surface area contributed by atoms with Crippen LogP contribution in [-0.2, 0) is 0 Å². The molecule has 0 bridgehead atoms. The van der Waals surface area contributed by atoms with Gasteiger partial charge in [-0.05, 0) is 24.2 Å². The number of Topliss-reactive ketones (excluding diaryl/α,β-unsaturated/α-hetero) is 2. The van der Waals surface area contributed by atoms with Crippen molar-refractivity contribution in [2.45, 2.75) is 40.0 Å². The van der Waals surface area contributed by atoms with Crippen LogP contribution in [0.25, 0.3) is 0 Å². The van der Waals surface area contributed by atoms with Gasteiger partial charge in [-0.2, -0.15) is 0 Å². The molecule has 0 radical (unpaired) electrons. The van der Waals surface area contributed by atoms with E-state index in [9.17, 15) is 9.59 Å². The molecular weight excluding hydrogens is 248 g/mol. The molecule has 0 spiro atoms. The fourth-order valence-corrected chi connectivity index (χ4v) is 4.12. The molecule has 0 heterocycles. The highest BCUT2D eigenvalue weighted by molar-refractivity contribution is 6.16. The van der Waals surface area contributed by atoms with E-state index >= 15 is 0 Å². The Morgan fingerprint density at radius 2 is 1.55 bits per heavy atom. The van der Waals surface area contributed by atoms with Gasteiger partial charge in [-0.15, -0.1) is 0 Å². The number of rotatable bonds is 0. The molecular formula is C18H22O2. The summed E-state index contributed by atoms with van der Waals surface area (Å²) < 4.78 is 0. The second kappa shape index (κ2) is 4.54. The fourth-order valence-electron chi connectivity index (χ4n) is 4.12. The van der Waals surface area contributed by atoms with E-state index in [4.69, 9.17) is 0 Å². The Bertz CT molecular complexity index is 565. The third-order valence-corrected chi connectivity index (χ3v) is 5.11. The van der Waals surface area contributed by atoms with Crippen LogP contribution in [-0.4, -0.2) is 11.6 Å². The van der Waals surface area contributed by atoms with Crippen LogP contribution in [0.2, 0.25) is 0 Å². The second-order valence-electron chi connectivity index (χ2n) is 7.31. The van der Waals surface area contributed by atoms with Gasteiger partial charge in [0.1, 0.15) is 0 Å². The quantitative estimate of drug-likeness (QED) is 0.710. The first-order chi connectivity index (χ1) is 9.41. The molecule has 0 N–H and O–H groups in total. The molecule has 3 rings (SSSR count). The van der Waals surface area contributed by atoms with Gasteiger partial charge < -0.3 is 0 Å². The molecule has 3 atom stereocenters. The van der Waals surface area contributed by atoms with Gasteiger partial charge in [0.25, 0.3) is 0 Å². The normalized spacial score (nSPS) is 29.9. The number of hydrogen-bond donors (Lipinski definition) is 0. The largest absolute Gasteiger partial charge is 0.294 e. The molecule has 0 amide bonds. The van der Waals surface area contributed by atoms with Crippen molar-refractivity contribution in [2.24, 2.45) is 23.2 Å². The zero-order chi connectivity index (χ0) is 14.5. The third kappa shape index (κ3) is 1.93. The van der Waals surface area contributed by atoms with Gasteiger partial charge in [0.15, 0.2) is 11.6 Å². The number of ketones is 2. The van der Waals surface area contributed by atoms with Crippen LogP contribution >= 0.6 is 0 Å². The molecule has 0 aliphatic heterocycles. The first kappa shape index (κ1) is 13.5. The zero-order valence-electron chi connectivity index (χ0n) is 12.5. The molecule has 2 aliphatic rings. The molecule has 1 fully saturated rings. The van der Waals surface area contributed by atoms with E-state index in [0.29, 0.717) is 17.0 Å². The Labute approximate surface area is 120 Å². The summed E-state index contributed by atoms with van der Waals surface area (Å²) in [5, 5.41) is 0. The lowest BCUT2D eigenvalue weighted by Gasteiger charge is -2.45. The van der Waals surface area contributed by atoms with Crippen molar-refractivity contribution in [3.05, 3.63) is 35.4 Å². The van der Waals surface area contributed by atoms with E-state index < -0.39 is 0 Å². The summed E-state index contributed by atoms with van der Waals surface area (Å²) in [7, 11) is 0. The van der Waals surface area contributed by atoms with Crippen molar-refractivity contribution in [3.8, 4) is 0 Å². The number of carbonyl (C=O) groups excluding carboxylic acids is 2. The van der Waals surface area contributed by atoms with Gasteiger partial charge in [-0.1, -0.05) is 51.5 Å². The van der Waals surface area contributed by atoms with Gasteiger partial charge >= 0.3 is 0 Å². The van der Waals surface area contributed by atoms with Gasteiger partial charge in [0.05, 0.1) is 0 Å². The molecule has 2 aliphatic carbocycles. The topological polar surface area (TPSA) is 34.1 Å². The maximum absolute atomic E-state index is 12.9. The summed E-state index contributed by atoms with van der Waals surface area (Å²) in [5.74, 6) is 0.511. The van der Waals surface area contributed by atoms with Crippen LogP contribution < -0.4 is 0 Å². The Balaban J connectivity index is 2.10. The monoisotopic (exact) mass is 270 g/mol. The van der Waals surface area contributed by atoms with Crippen molar-refractivity contribution >= 4 is 11.6 Å². The average molecular weight is 270 g/mol. The molecule has 2 heteroatoms. The highest BCUT2D eigenvalue weighted by Gasteiger charge is 2.49. The Kier molecular flexibility index (Phi) is 3.07. The van der Waals surface area contributed by atoms with Crippen molar-refractivity contribution in [1.82, 2.24) is 0 Å². The Hall–Kier alpha value is -1.44. The number of hydrogen-bond acceptors (Lipinski definition) is 2. The maximum atomic E-state index is 12.9. The summed E-state index contributed by atoms with van der Waals surface area (Å²) in [4.78, 5) is 25.6. The summed E-state index contributed by atoms with van der Waals surface area (Å²) in [6, 6.07) is 7.35. The van der Waals surface area contributed by atoms with E-state index in [2.05, 4.69) is 20.8 Å². The minimum atomic E-state index is -0.105. The summed E-state index contributed by atoms with van der Waals surface area (Å²) in [6.45, 7) is 6.58. The minimum absolute atomic E-state index is 0.0750. The molecule has 106 valence electrons. The second-order valence-corrected chi connectivity index (χ2v) is 7.31. The average Bonchev–Trinajstić information content (AvgIpc) is 2.43. The number of benzene rings is 1. The zero-order valence-corrected chi connectivity index (χ0v) is 12.5. The predicted octanol–water partition coefficient (Wildman–Crippen LogP) is 4.14. The lowest BCUT2D eigenvalue weighted by Crippen LogP contribution is -2.47. The van der Waals surface area contributed by atoms with Gasteiger partial charge in [-0.3, -0.25) is 9.59 Å². The summed E-state index contributed by atoms with van der Waals surface area (Å²) in [6.07, 6.45) is 2.99. The standard InChI is InChI=1S/C18H22O2/c1-18(2,3)14-10-6-9-13-15(14)17(20)12-8-5-4-7-11(12)16(13)19/h4-5,7-8,13-15H,6,9-10H2,1-3H3. The Morgan fingerprint density at radius 1 is 0.950 bits per heavy atom. The molecule has 1 saturated carbocycles. The van der Waals surface area contributed by atoms with Gasteiger partial charge in [0.2, 0.25) is 0 Å². The van der Waals surface area contributed by atoms with Gasteiger partial charge in [0, 0.05) is 23.0 Å². The van der Waals surface area contributed by atoms with Crippen LogP contribution in [0.15, 0.2) is 24.3 Å². The molecule has 0 aromatic heterocycles. The van der Waals surface area contributed by atoms with Crippen molar-refractivity contribution in [1.29, 1.82) is 0 Å². The predicted molar refractivity (Wildman–Crippen MR) is 78.9 cm³/mol. The van der Waals surface area contributed by atoms with Crippen LogP contribution in [0, 0.1) is 23.2 Å². The van der Waals surface area contributed by atoms with E-state index in [1.807, 2.05) is 24.3 Å². The van der Waals surface area contributed by atoms with E-state index in [1.54, 1.807) is 0 Å². The van der Waals surface area contributed by atoms with Crippen LogP contribution in [0.3, 0.4) is 0 Å². The highest BCUT2D eigenvalue weighted by Crippen LogP contribution is 2.49. The van der Waals surface area contributed by atoms with Crippen molar-refractivity contribution < 1.29 is 9.59 Å².